The topological polar surface area (TPSA) is 114 Å². The van der Waals surface area contributed by atoms with Crippen molar-refractivity contribution in [3.8, 4) is 11.3 Å². The lowest BCUT2D eigenvalue weighted by Crippen LogP contribution is -2.41. The molecule has 0 aliphatic rings. The zero-order chi connectivity index (χ0) is 20.8. The first-order valence-corrected chi connectivity index (χ1v) is 8.61. The van der Waals surface area contributed by atoms with Crippen molar-refractivity contribution in [3.05, 3.63) is 87.9 Å². The molecule has 2 N–H and O–H groups in total. The number of hydrazine groups is 1. The molecule has 1 aromatic heterocycles. The molecule has 0 atom stereocenters. The number of aryl methyl sites for hydroxylation is 1. The third-order valence-electron chi connectivity index (χ3n) is 4.03. The van der Waals surface area contributed by atoms with Crippen LogP contribution in [0.25, 0.3) is 11.3 Å². The smallest absolute Gasteiger partial charge is 0.270 e. The summed E-state index contributed by atoms with van der Waals surface area (Å²) >= 11 is 0. The number of rotatable bonds is 6. The molecular formula is C20H16FN3O5. The maximum Gasteiger partial charge on any atom is 0.270 e. The number of nitrogens with one attached hydrogen (secondary N) is 2. The van der Waals surface area contributed by atoms with Gasteiger partial charge < -0.3 is 4.42 Å². The monoisotopic (exact) mass is 397 g/mol. The molecule has 2 amide bonds. The van der Waals surface area contributed by atoms with Crippen molar-refractivity contribution in [1.82, 2.24) is 10.9 Å². The van der Waals surface area contributed by atoms with E-state index in [9.17, 15) is 24.1 Å². The predicted molar refractivity (Wildman–Crippen MR) is 101 cm³/mol. The lowest BCUT2D eigenvalue weighted by atomic mass is 10.1. The molecule has 0 aliphatic heterocycles. The number of furan rings is 1. The zero-order valence-electron chi connectivity index (χ0n) is 15.1. The molecule has 3 rings (SSSR count). The van der Waals surface area contributed by atoms with Gasteiger partial charge in [0.2, 0.25) is 5.91 Å². The average Bonchev–Trinajstić information content (AvgIpc) is 3.19. The predicted octanol–water partition coefficient (Wildman–Crippen LogP) is 3.39. The van der Waals surface area contributed by atoms with Crippen molar-refractivity contribution in [3.63, 3.8) is 0 Å². The SMILES string of the molecule is O=C(CCc1ccc(-c2ccccc2F)o1)NNC(=O)c1cccc([N+](=O)[O-])c1. The Bertz CT molecular complexity index is 1060. The van der Waals surface area contributed by atoms with Crippen LogP contribution in [-0.4, -0.2) is 16.7 Å². The van der Waals surface area contributed by atoms with Gasteiger partial charge in [-0.05, 0) is 30.3 Å². The van der Waals surface area contributed by atoms with Gasteiger partial charge in [0.1, 0.15) is 17.3 Å². The van der Waals surface area contributed by atoms with E-state index in [0.717, 1.165) is 6.07 Å². The molecule has 9 heteroatoms. The van der Waals surface area contributed by atoms with Gasteiger partial charge in [-0.1, -0.05) is 18.2 Å². The van der Waals surface area contributed by atoms with E-state index in [-0.39, 0.29) is 24.1 Å². The van der Waals surface area contributed by atoms with Crippen LogP contribution in [-0.2, 0) is 11.2 Å². The number of benzene rings is 2. The van der Waals surface area contributed by atoms with Gasteiger partial charge in [-0.3, -0.25) is 30.6 Å². The third kappa shape index (κ3) is 5.04. The summed E-state index contributed by atoms with van der Waals surface area (Å²) in [5.74, 6) is -0.717. The largest absolute Gasteiger partial charge is 0.461 e. The molecule has 1 heterocycles. The van der Waals surface area contributed by atoms with E-state index in [0.29, 0.717) is 17.1 Å². The summed E-state index contributed by atoms with van der Waals surface area (Å²) in [5.41, 5.74) is 4.57. The first kappa shape index (κ1) is 19.7. The molecule has 0 fully saturated rings. The summed E-state index contributed by atoms with van der Waals surface area (Å²) in [6.45, 7) is 0. The van der Waals surface area contributed by atoms with Gasteiger partial charge in [0.25, 0.3) is 11.6 Å². The number of nitrogens with zero attached hydrogens (tertiary/aromatic N) is 1. The van der Waals surface area contributed by atoms with Gasteiger partial charge in [0.15, 0.2) is 0 Å². The highest BCUT2D eigenvalue weighted by Gasteiger charge is 2.13. The molecule has 0 spiro atoms. The molecule has 2 aromatic carbocycles. The second kappa shape index (κ2) is 8.79. The van der Waals surface area contributed by atoms with Crippen molar-refractivity contribution in [2.45, 2.75) is 12.8 Å². The highest BCUT2D eigenvalue weighted by atomic mass is 19.1. The van der Waals surface area contributed by atoms with Crippen LogP contribution >= 0.6 is 0 Å². The van der Waals surface area contributed by atoms with Crippen LogP contribution in [0.4, 0.5) is 10.1 Å². The van der Waals surface area contributed by atoms with Crippen molar-refractivity contribution < 1.29 is 23.3 Å². The van der Waals surface area contributed by atoms with Crippen LogP contribution in [0.15, 0.2) is 65.1 Å². The van der Waals surface area contributed by atoms with Crippen LogP contribution in [0.3, 0.4) is 0 Å². The first-order chi connectivity index (χ1) is 13.9. The molecule has 0 aliphatic carbocycles. The Morgan fingerprint density at radius 1 is 1.03 bits per heavy atom. The van der Waals surface area contributed by atoms with Crippen molar-refractivity contribution in [2.75, 3.05) is 0 Å². The van der Waals surface area contributed by atoms with E-state index in [1.54, 1.807) is 30.3 Å². The highest BCUT2D eigenvalue weighted by Crippen LogP contribution is 2.25. The maximum atomic E-state index is 13.8. The van der Waals surface area contributed by atoms with E-state index < -0.39 is 22.6 Å². The molecule has 0 bridgehead atoms. The first-order valence-electron chi connectivity index (χ1n) is 8.61. The Hall–Kier alpha value is -4.01. The molecule has 29 heavy (non-hydrogen) atoms. The molecule has 0 radical (unpaired) electrons. The summed E-state index contributed by atoms with van der Waals surface area (Å²) < 4.78 is 19.3. The lowest BCUT2D eigenvalue weighted by Gasteiger charge is -2.07. The van der Waals surface area contributed by atoms with Gasteiger partial charge >= 0.3 is 0 Å². The van der Waals surface area contributed by atoms with Gasteiger partial charge in [0, 0.05) is 30.5 Å². The van der Waals surface area contributed by atoms with Crippen LogP contribution in [0.1, 0.15) is 22.5 Å². The van der Waals surface area contributed by atoms with E-state index >= 15 is 0 Å². The van der Waals surface area contributed by atoms with Crippen LogP contribution < -0.4 is 10.9 Å². The fraction of sp³-hybridized carbons (Fsp3) is 0.100. The van der Waals surface area contributed by atoms with Gasteiger partial charge in [-0.15, -0.1) is 0 Å². The summed E-state index contributed by atoms with van der Waals surface area (Å²) in [6.07, 6.45) is 0.256. The molecule has 3 aromatic rings. The van der Waals surface area contributed by atoms with Gasteiger partial charge in [-0.2, -0.15) is 0 Å². The second-order valence-electron chi connectivity index (χ2n) is 6.06. The fourth-order valence-electron chi connectivity index (χ4n) is 2.58. The molecule has 8 nitrogen and oxygen atoms in total. The summed E-state index contributed by atoms with van der Waals surface area (Å²) in [7, 11) is 0. The zero-order valence-corrected chi connectivity index (χ0v) is 15.1. The Morgan fingerprint density at radius 2 is 1.83 bits per heavy atom. The maximum absolute atomic E-state index is 13.8. The van der Waals surface area contributed by atoms with E-state index in [4.69, 9.17) is 4.42 Å². The number of hydrogen-bond acceptors (Lipinski definition) is 5. The molecule has 0 saturated carbocycles. The van der Waals surface area contributed by atoms with Crippen molar-refractivity contribution in [2.24, 2.45) is 0 Å². The number of halogens is 1. The highest BCUT2D eigenvalue weighted by molar-refractivity contribution is 5.95. The van der Waals surface area contributed by atoms with E-state index in [1.165, 1.54) is 24.3 Å². The van der Waals surface area contributed by atoms with Gasteiger partial charge in [-0.25, -0.2) is 4.39 Å². The molecular weight excluding hydrogens is 381 g/mol. The van der Waals surface area contributed by atoms with E-state index in [1.807, 2.05) is 0 Å². The van der Waals surface area contributed by atoms with E-state index in [2.05, 4.69) is 10.9 Å². The Kier molecular flexibility index (Phi) is 5.98. The summed E-state index contributed by atoms with van der Waals surface area (Å²) in [6, 6.07) is 14.6. The second-order valence-corrected chi connectivity index (χ2v) is 6.06. The minimum absolute atomic E-state index is 0.0133. The number of hydrogen-bond donors (Lipinski definition) is 2. The number of non-ortho nitro benzene ring substituents is 1. The number of amides is 2. The summed E-state index contributed by atoms with van der Waals surface area (Å²) in [4.78, 5) is 34.0. The summed E-state index contributed by atoms with van der Waals surface area (Å²) in [5, 5.41) is 10.7. The van der Waals surface area contributed by atoms with Gasteiger partial charge in [0.05, 0.1) is 10.5 Å². The molecule has 148 valence electrons. The normalized spacial score (nSPS) is 10.4. The quantitative estimate of drug-likeness (QED) is 0.489. The number of nitro benzene ring substituents is 1. The number of carbonyl (C=O) groups excluding carboxylic acids is 2. The average molecular weight is 397 g/mol. The van der Waals surface area contributed by atoms with Crippen molar-refractivity contribution in [1.29, 1.82) is 0 Å². The standard InChI is InChI=1S/C20H16FN3O5/c21-17-7-2-1-6-16(17)18-10-8-15(29-18)9-11-19(25)22-23-20(26)13-4-3-5-14(12-13)24(27)28/h1-8,10,12H,9,11H2,(H,22,25)(H,23,26). The minimum Gasteiger partial charge on any atom is -0.461 e. The molecule has 0 saturated heterocycles. The van der Waals surface area contributed by atoms with Crippen molar-refractivity contribution >= 4 is 17.5 Å². The Labute approximate surface area is 164 Å². The Morgan fingerprint density at radius 3 is 2.59 bits per heavy atom. The lowest BCUT2D eigenvalue weighted by molar-refractivity contribution is -0.384. The third-order valence-corrected chi connectivity index (χ3v) is 4.03. The van der Waals surface area contributed by atoms with Crippen LogP contribution in [0.2, 0.25) is 0 Å². The number of carbonyl (C=O) groups is 2. The number of nitro groups is 1. The van der Waals surface area contributed by atoms with Crippen LogP contribution in [0, 0.1) is 15.9 Å². The molecule has 0 unspecified atom stereocenters. The Balaban J connectivity index is 1.51. The fourth-order valence-corrected chi connectivity index (χ4v) is 2.58. The minimum atomic E-state index is -0.679. The van der Waals surface area contributed by atoms with Crippen LogP contribution in [0.5, 0.6) is 0 Å².